The second-order valence-corrected chi connectivity index (χ2v) is 7.72. The highest BCUT2D eigenvalue weighted by molar-refractivity contribution is 7.99. The normalized spacial score (nSPS) is 11.4. The molecule has 0 spiro atoms. The highest BCUT2D eigenvalue weighted by Crippen LogP contribution is 2.17. The lowest BCUT2D eigenvalue weighted by Gasteiger charge is -2.06. The molecule has 0 saturated heterocycles. The second kappa shape index (κ2) is 7.67. The summed E-state index contributed by atoms with van der Waals surface area (Å²) in [5.74, 6) is 0.576. The van der Waals surface area contributed by atoms with Gasteiger partial charge in [-0.3, -0.25) is 4.79 Å². The van der Waals surface area contributed by atoms with E-state index < -0.39 is 10.0 Å². The zero-order valence-electron chi connectivity index (χ0n) is 12.7. The van der Waals surface area contributed by atoms with E-state index in [4.69, 9.17) is 5.14 Å². The van der Waals surface area contributed by atoms with E-state index in [0.29, 0.717) is 6.54 Å². The highest BCUT2D eigenvalue weighted by atomic mass is 32.2. The fourth-order valence-corrected chi connectivity index (χ4v) is 3.44. The van der Waals surface area contributed by atoms with Gasteiger partial charge >= 0.3 is 0 Å². The molecule has 1 amide bonds. The van der Waals surface area contributed by atoms with Crippen LogP contribution in [0.1, 0.15) is 16.9 Å². The molecule has 8 heteroatoms. The number of thioether (sulfide) groups is 1. The fourth-order valence-electron chi connectivity index (χ4n) is 1.99. The van der Waals surface area contributed by atoms with E-state index in [1.54, 1.807) is 18.8 Å². The molecule has 1 aromatic heterocycles. The number of carbonyl (C=O) groups is 1. The Kier molecular flexibility index (Phi) is 5.86. The molecule has 0 aliphatic heterocycles. The number of aromatic nitrogens is 1. The molecule has 6 nitrogen and oxygen atoms in total. The predicted molar refractivity (Wildman–Crippen MR) is 90.9 cm³/mol. The average molecular weight is 353 g/mol. The number of rotatable bonds is 7. The summed E-state index contributed by atoms with van der Waals surface area (Å²) in [6.07, 6.45) is 2.15. The van der Waals surface area contributed by atoms with Crippen LogP contribution in [-0.2, 0) is 17.1 Å². The summed E-state index contributed by atoms with van der Waals surface area (Å²) >= 11 is 1.73. The van der Waals surface area contributed by atoms with Gasteiger partial charge in [-0.1, -0.05) is 18.2 Å². The van der Waals surface area contributed by atoms with Crippen molar-refractivity contribution in [3.8, 4) is 0 Å². The molecule has 1 heterocycles. The summed E-state index contributed by atoms with van der Waals surface area (Å²) in [7, 11) is -2.20. The van der Waals surface area contributed by atoms with E-state index in [0.717, 1.165) is 12.2 Å². The summed E-state index contributed by atoms with van der Waals surface area (Å²) in [5.41, 5.74) is 0.268. The predicted octanol–water partition coefficient (Wildman–Crippen LogP) is 1.58. The number of aryl methyl sites for hydroxylation is 1. The van der Waals surface area contributed by atoms with Gasteiger partial charge in [0.25, 0.3) is 5.91 Å². The van der Waals surface area contributed by atoms with E-state index in [2.05, 4.69) is 5.32 Å². The number of nitrogens with two attached hydrogens (primary N) is 1. The number of nitrogens with zero attached hydrogens (tertiary/aromatic N) is 1. The Morgan fingerprint density at radius 1 is 1.30 bits per heavy atom. The first-order valence-electron chi connectivity index (χ1n) is 7.03. The van der Waals surface area contributed by atoms with Crippen LogP contribution in [0.3, 0.4) is 0 Å². The van der Waals surface area contributed by atoms with Crippen LogP contribution in [0.5, 0.6) is 0 Å². The maximum absolute atomic E-state index is 12.1. The van der Waals surface area contributed by atoms with Crippen molar-refractivity contribution < 1.29 is 13.2 Å². The van der Waals surface area contributed by atoms with Gasteiger partial charge in [-0.25, -0.2) is 13.6 Å². The van der Waals surface area contributed by atoms with Gasteiger partial charge in [0, 0.05) is 24.7 Å². The minimum absolute atomic E-state index is 0.0650. The Labute approximate surface area is 140 Å². The Bertz CT molecular complexity index is 771. The van der Waals surface area contributed by atoms with Crippen molar-refractivity contribution in [2.45, 2.75) is 16.2 Å². The molecule has 2 rings (SSSR count). The molecule has 1 aromatic carbocycles. The fraction of sp³-hybridized carbons (Fsp3) is 0.267. The number of carbonyl (C=O) groups excluding carboxylic acids is 1. The van der Waals surface area contributed by atoms with E-state index in [9.17, 15) is 13.2 Å². The minimum atomic E-state index is -3.80. The summed E-state index contributed by atoms with van der Waals surface area (Å²) < 4.78 is 24.0. The molecule has 124 valence electrons. The Morgan fingerprint density at radius 2 is 2.00 bits per heavy atom. The van der Waals surface area contributed by atoms with Gasteiger partial charge in [0.15, 0.2) is 0 Å². The third-order valence-corrected chi connectivity index (χ3v) is 5.14. The lowest BCUT2D eigenvalue weighted by atomic mass is 10.4. The summed E-state index contributed by atoms with van der Waals surface area (Å²) in [6.45, 7) is 0.522. The van der Waals surface area contributed by atoms with Crippen LogP contribution in [0.2, 0.25) is 0 Å². The van der Waals surface area contributed by atoms with Crippen molar-refractivity contribution in [3.05, 3.63) is 48.3 Å². The van der Waals surface area contributed by atoms with Crippen molar-refractivity contribution >= 4 is 27.7 Å². The van der Waals surface area contributed by atoms with E-state index >= 15 is 0 Å². The Hall–Kier alpha value is -1.77. The molecule has 23 heavy (non-hydrogen) atoms. The Morgan fingerprint density at radius 3 is 2.61 bits per heavy atom. The third kappa shape index (κ3) is 5.12. The van der Waals surface area contributed by atoms with Crippen LogP contribution in [0, 0.1) is 0 Å². The van der Waals surface area contributed by atoms with Crippen molar-refractivity contribution in [3.63, 3.8) is 0 Å². The molecule has 0 fully saturated rings. The van der Waals surface area contributed by atoms with Crippen molar-refractivity contribution in [2.24, 2.45) is 12.2 Å². The van der Waals surface area contributed by atoms with Crippen molar-refractivity contribution in [1.29, 1.82) is 0 Å². The van der Waals surface area contributed by atoms with Crippen LogP contribution >= 0.6 is 11.8 Å². The molecule has 0 unspecified atom stereocenters. The summed E-state index contributed by atoms with van der Waals surface area (Å²) in [4.78, 5) is 13.2. The van der Waals surface area contributed by atoms with Gasteiger partial charge < -0.3 is 9.88 Å². The van der Waals surface area contributed by atoms with Crippen LogP contribution in [-0.4, -0.2) is 31.2 Å². The van der Waals surface area contributed by atoms with E-state index in [1.165, 1.54) is 21.7 Å². The first-order valence-corrected chi connectivity index (χ1v) is 9.56. The maximum Gasteiger partial charge on any atom is 0.267 e. The van der Waals surface area contributed by atoms with Crippen LogP contribution in [0.25, 0.3) is 0 Å². The number of nitrogens with one attached hydrogen (secondary N) is 1. The zero-order valence-corrected chi connectivity index (χ0v) is 14.4. The molecular weight excluding hydrogens is 334 g/mol. The molecular formula is C15H19N3O3S2. The highest BCUT2D eigenvalue weighted by Gasteiger charge is 2.16. The van der Waals surface area contributed by atoms with E-state index in [1.807, 2.05) is 30.3 Å². The SMILES string of the molecule is Cn1cc(S(N)(=O)=O)cc1C(=O)NCCCSc1ccccc1. The minimum Gasteiger partial charge on any atom is -0.351 e. The number of hydrogen-bond acceptors (Lipinski definition) is 4. The van der Waals surface area contributed by atoms with Gasteiger partial charge in [-0.05, 0) is 30.4 Å². The lowest BCUT2D eigenvalue weighted by Crippen LogP contribution is -2.26. The molecule has 0 saturated carbocycles. The van der Waals surface area contributed by atoms with Crippen molar-refractivity contribution in [1.82, 2.24) is 9.88 Å². The largest absolute Gasteiger partial charge is 0.351 e. The van der Waals surface area contributed by atoms with Crippen LogP contribution < -0.4 is 10.5 Å². The molecule has 0 aliphatic rings. The molecule has 0 bridgehead atoms. The monoisotopic (exact) mass is 353 g/mol. The number of hydrogen-bond donors (Lipinski definition) is 2. The lowest BCUT2D eigenvalue weighted by molar-refractivity contribution is 0.0945. The van der Waals surface area contributed by atoms with Gasteiger partial charge in [0.1, 0.15) is 10.6 Å². The Balaban J connectivity index is 1.80. The zero-order chi connectivity index (χ0) is 16.9. The quantitative estimate of drug-likeness (QED) is 0.584. The summed E-state index contributed by atoms with van der Waals surface area (Å²) in [5, 5.41) is 7.84. The van der Waals surface area contributed by atoms with Gasteiger partial charge in [0.2, 0.25) is 10.0 Å². The molecule has 0 radical (unpaired) electrons. The van der Waals surface area contributed by atoms with Crippen LogP contribution in [0.4, 0.5) is 0 Å². The van der Waals surface area contributed by atoms with Gasteiger partial charge in [-0.15, -0.1) is 11.8 Å². The molecule has 2 aromatic rings. The molecule has 3 N–H and O–H groups in total. The smallest absolute Gasteiger partial charge is 0.267 e. The van der Waals surface area contributed by atoms with Crippen LogP contribution in [0.15, 0.2) is 52.4 Å². The van der Waals surface area contributed by atoms with Gasteiger partial charge in [-0.2, -0.15) is 0 Å². The van der Waals surface area contributed by atoms with Gasteiger partial charge in [0.05, 0.1) is 0 Å². The van der Waals surface area contributed by atoms with Crippen molar-refractivity contribution in [2.75, 3.05) is 12.3 Å². The first kappa shape index (κ1) is 17.6. The maximum atomic E-state index is 12.1. The molecule has 0 atom stereocenters. The number of sulfonamides is 1. The number of benzene rings is 1. The second-order valence-electron chi connectivity index (χ2n) is 4.99. The topological polar surface area (TPSA) is 94.2 Å². The number of primary sulfonamides is 1. The van der Waals surface area contributed by atoms with E-state index in [-0.39, 0.29) is 16.5 Å². The third-order valence-electron chi connectivity index (χ3n) is 3.16. The first-order chi connectivity index (χ1) is 10.9. The standard InChI is InChI=1S/C15H19N3O3S2/c1-18-11-13(23(16,20)21)10-14(18)15(19)17-8-5-9-22-12-6-3-2-4-7-12/h2-4,6-7,10-11H,5,8-9H2,1H3,(H,17,19)(H2,16,20,21). The average Bonchev–Trinajstić information content (AvgIpc) is 2.90. The summed E-state index contributed by atoms with van der Waals surface area (Å²) in [6, 6.07) is 11.3. The number of amides is 1. The molecule has 0 aliphatic carbocycles.